The van der Waals surface area contributed by atoms with Gasteiger partial charge in [-0.3, -0.25) is 4.79 Å². The van der Waals surface area contributed by atoms with Crippen LogP contribution in [0.1, 0.15) is 70.2 Å². The molecule has 1 aromatic heterocycles. The Morgan fingerprint density at radius 1 is 1.00 bits per heavy atom. The summed E-state index contributed by atoms with van der Waals surface area (Å²) >= 11 is 6.60. The van der Waals surface area contributed by atoms with Crippen molar-refractivity contribution in [1.29, 1.82) is 0 Å². The molecule has 35 heavy (non-hydrogen) atoms. The zero-order valence-corrected chi connectivity index (χ0v) is 21.9. The third-order valence-corrected chi connectivity index (χ3v) is 6.24. The number of nitrogens with zero attached hydrogens (tertiary/aromatic N) is 2. The van der Waals surface area contributed by atoms with E-state index >= 15 is 0 Å². The topological polar surface area (TPSA) is 62.6 Å². The van der Waals surface area contributed by atoms with Crippen molar-refractivity contribution in [3.8, 4) is 11.5 Å². The highest BCUT2D eigenvalue weighted by Gasteiger charge is 2.14. The van der Waals surface area contributed by atoms with Crippen molar-refractivity contribution in [3.63, 3.8) is 0 Å². The molecule has 0 aliphatic heterocycles. The van der Waals surface area contributed by atoms with Crippen LogP contribution in [0.25, 0.3) is 11.0 Å². The largest absolute Gasteiger partial charge is 0.494 e. The van der Waals surface area contributed by atoms with Crippen molar-refractivity contribution in [2.45, 2.75) is 72.3 Å². The summed E-state index contributed by atoms with van der Waals surface area (Å²) in [5.74, 6) is 2.35. The lowest BCUT2D eigenvalue weighted by Gasteiger charge is -2.12. The Morgan fingerprint density at radius 3 is 2.57 bits per heavy atom. The van der Waals surface area contributed by atoms with Crippen molar-refractivity contribution in [2.24, 2.45) is 0 Å². The number of unbranched alkanes of at least 4 members (excludes halogenated alkanes) is 4. The number of benzene rings is 2. The van der Waals surface area contributed by atoms with E-state index < -0.39 is 0 Å². The van der Waals surface area contributed by atoms with Crippen molar-refractivity contribution in [3.05, 3.63) is 52.8 Å². The molecular weight excluding hydrogens is 464 g/mol. The number of esters is 1. The second-order valence-electron chi connectivity index (χ2n) is 8.64. The van der Waals surface area contributed by atoms with Crippen molar-refractivity contribution in [1.82, 2.24) is 9.55 Å². The molecule has 0 radical (unpaired) electrons. The maximum Gasteiger partial charge on any atom is 0.305 e. The normalized spacial score (nSPS) is 11.1. The first kappa shape index (κ1) is 26.9. The number of carbonyl (C=O) groups is 1. The first-order valence-electron chi connectivity index (χ1n) is 12.7. The molecule has 0 unspecified atom stereocenters. The minimum Gasteiger partial charge on any atom is -0.494 e. The Labute approximate surface area is 213 Å². The monoisotopic (exact) mass is 500 g/mol. The maximum absolute atomic E-state index is 11.4. The predicted octanol–water partition coefficient (Wildman–Crippen LogP) is 7.12. The van der Waals surface area contributed by atoms with E-state index in [-0.39, 0.29) is 5.97 Å². The third-order valence-electron chi connectivity index (χ3n) is 5.89. The van der Waals surface area contributed by atoms with Crippen LogP contribution in [0.5, 0.6) is 11.5 Å². The van der Waals surface area contributed by atoms with E-state index in [0.717, 1.165) is 59.6 Å². The van der Waals surface area contributed by atoms with Gasteiger partial charge in [0.2, 0.25) is 0 Å². The van der Waals surface area contributed by atoms with Crippen molar-refractivity contribution >= 4 is 28.6 Å². The number of rotatable bonds is 15. The smallest absolute Gasteiger partial charge is 0.305 e. The summed E-state index contributed by atoms with van der Waals surface area (Å²) < 4.78 is 19.0. The number of hydrogen-bond donors (Lipinski definition) is 0. The van der Waals surface area contributed by atoms with Gasteiger partial charge in [-0.2, -0.15) is 0 Å². The molecule has 0 fully saturated rings. The van der Waals surface area contributed by atoms with Gasteiger partial charge < -0.3 is 18.8 Å². The molecule has 2 aromatic carbocycles. The molecule has 7 heteroatoms. The molecule has 0 amide bonds. The molecule has 0 bridgehead atoms. The Bertz CT molecular complexity index is 1100. The van der Waals surface area contributed by atoms with Gasteiger partial charge in [0.1, 0.15) is 22.8 Å². The van der Waals surface area contributed by atoms with Crippen LogP contribution in [0, 0.1) is 6.92 Å². The van der Waals surface area contributed by atoms with Crippen LogP contribution in [0.2, 0.25) is 5.02 Å². The Morgan fingerprint density at radius 2 is 1.80 bits per heavy atom. The van der Waals surface area contributed by atoms with Gasteiger partial charge in [0, 0.05) is 11.4 Å². The number of ether oxygens (including phenoxy) is 3. The van der Waals surface area contributed by atoms with Crippen LogP contribution >= 0.6 is 11.6 Å². The number of aryl methyl sites for hydroxylation is 1. The SMILES string of the molecule is CCCCCOc1ccc(Cn2c(C)nc3c(OCCCCCC(=O)OCC)cccc32)c(Cl)c1. The number of halogens is 1. The van der Waals surface area contributed by atoms with Gasteiger partial charge >= 0.3 is 5.97 Å². The molecule has 0 aliphatic carbocycles. The lowest BCUT2D eigenvalue weighted by molar-refractivity contribution is -0.143. The zero-order valence-electron chi connectivity index (χ0n) is 21.1. The van der Waals surface area contributed by atoms with Crippen LogP contribution in [0.15, 0.2) is 36.4 Å². The molecule has 0 saturated carbocycles. The number of carbonyl (C=O) groups excluding carboxylic acids is 1. The van der Waals surface area contributed by atoms with Gasteiger partial charge in [0.25, 0.3) is 0 Å². The van der Waals surface area contributed by atoms with E-state index in [1.54, 1.807) is 0 Å². The van der Waals surface area contributed by atoms with Crippen LogP contribution in [-0.2, 0) is 16.1 Å². The van der Waals surface area contributed by atoms with Gasteiger partial charge in [-0.25, -0.2) is 4.98 Å². The van der Waals surface area contributed by atoms with E-state index in [1.165, 1.54) is 12.8 Å². The zero-order chi connectivity index (χ0) is 25.0. The van der Waals surface area contributed by atoms with Gasteiger partial charge in [-0.05, 0) is 69.4 Å². The minimum absolute atomic E-state index is 0.131. The molecule has 3 rings (SSSR count). The third kappa shape index (κ3) is 7.89. The summed E-state index contributed by atoms with van der Waals surface area (Å²) in [6.07, 6.45) is 6.45. The van der Waals surface area contributed by atoms with E-state index in [9.17, 15) is 4.79 Å². The van der Waals surface area contributed by atoms with Gasteiger partial charge in [-0.1, -0.05) is 43.5 Å². The van der Waals surface area contributed by atoms with Crippen molar-refractivity contribution in [2.75, 3.05) is 19.8 Å². The molecular formula is C28H37ClN2O4. The molecule has 6 nitrogen and oxygen atoms in total. The number of para-hydroxylation sites is 1. The summed E-state index contributed by atoms with van der Waals surface area (Å²) in [5, 5.41) is 0.689. The summed E-state index contributed by atoms with van der Waals surface area (Å²) in [5.41, 5.74) is 2.88. The average molecular weight is 501 g/mol. The van der Waals surface area contributed by atoms with Crippen molar-refractivity contribution < 1.29 is 19.0 Å². The van der Waals surface area contributed by atoms with Crippen LogP contribution < -0.4 is 9.47 Å². The Hall–Kier alpha value is -2.73. The standard InChI is InChI=1S/C28H37ClN2O4/c1-4-6-9-17-34-23-16-15-22(24(29)19-23)20-31-21(3)30-28-25(31)12-11-13-26(28)35-18-10-7-8-14-27(32)33-5-2/h11-13,15-16,19H,4-10,14,17-18,20H2,1-3H3. The van der Waals surface area contributed by atoms with E-state index in [1.807, 2.05) is 44.2 Å². The second-order valence-corrected chi connectivity index (χ2v) is 9.05. The fourth-order valence-electron chi connectivity index (χ4n) is 3.98. The van der Waals surface area contributed by atoms with E-state index in [2.05, 4.69) is 17.6 Å². The first-order valence-corrected chi connectivity index (χ1v) is 13.1. The molecule has 190 valence electrons. The van der Waals surface area contributed by atoms with Crippen LogP contribution in [0.4, 0.5) is 0 Å². The van der Waals surface area contributed by atoms with Crippen LogP contribution in [-0.4, -0.2) is 35.3 Å². The highest BCUT2D eigenvalue weighted by Crippen LogP contribution is 2.29. The quantitative estimate of drug-likeness (QED) is 0.164. The lowest BCUT2D eigenvalue weighted by Crippen LogP contribution is -2.04. The number of fused-ring (bicyclic) bond motifs is 1. The molecule has 1 heterocycles. The molecule has 3 aromatic rings. The molecule has 0 saturated heterocycles. The first-order chi connectivity index (χ1) is 17.0. The Kier molecular flexibility index (Phi) is 10.7. The molecule has 0 atom stereocenters. The van der Waals surface area contributed by atoms with Crippen LogP contribution in [0.3, 0.4) is 0 Å². The van der Waals surface area contributed by atoms with E-state index in [4.69, 9.17) is 30.8 Å². The average Bonchev–Trinajstić information content (AvgIpc) is 3.16. The summed E-state index contributed by atoms with van der Waals surface area (Å²) in [6, 6.07) is 11.9. The summed E-state index contributed by atoms with van der Waals surface area (Å²) in [7, 11) is 0. The fourth-order valence-corrected chi connectivity index (χ4v) is 4.21. The van der Waals surface area contributed by atoms with E-state index in [0.29, 0.717) is 37.8 Å². The second kappa shape index (κ2) is 14.0. The van der Waals surface area contributed by atoms with Gasteiger partial charge in [0.15, 0.2) is 0 Å². The maximum atomic E-state index is 11.4. The minimum atomic E-state index is -0.131. The number of imidazole rings is 1. The molecule has 0 aliphatic rings. The fraction of sp³-hybridized carbons (Fsp3) is 0.500. The Balaban J connectivity index is 1.60. The summed E-state index contributed by atoms with van der Waals surface area (Å²) in [4.78, 5) is 16.2. The lowest BCUT2D eigenvalue weighted by atomic mass is 10.2. The number of aromatic nitrogens is 2. The summed E-state index contributed by atoms with van der Waals surface area (Å²) in [6.45, 7) is 8.35. The highest BCUT2D eigenvalue weighted by molar-refractivity contribution is 6.31. The highest BCUT2D eigenvalue weighted by atomic mass is 35.5. The number of hydrogen-bond acceptors (Lipinski definition) is 5. The van der Waals surface area contributed by atoms with Gasteiger partial charge in [0.05, 0.1) is 31.9 Å². The van der Waals surface area contributed by atoms with Gasteiger partial charge in [-0.15, -0.1) is 0 Å². The predicted molar refractivity (Wildman–Crippen MR) is 141 cm³/mol. The molecule has 0 spiro atoms. The molecule has 0 N–H and O–H groups in total.